The van der Waals surface area contributed by atoms with Crippen LogP contribution in [-0.4, -0.2) is 53.0 Å². The quantitative estimate of drug-likeness (QED) is 0.765. The molecule has 2 rings (SSSR count). The largest absolute Gasteiger partial charge is 0.406 e. The first-order valence-electron chi connectivity index (χ1n) is 8.77. The fourth-order valence-electron chi connectivity index (χ4n) is 3.68. The summed E-state index contributed by atoms with van der Waals surface area (Å²) in [5.41, 5.74) is 0. The lowest BCUT2D eigenvalue weighted by atomic mass is 10.0. The maximum absolute atomic E-state index is 12.9. The van der Waals surface area contributed by atoms with Crippen LogP contribution < -0.4 is 0 Å². The SMILES string of the molecule is CC(C)[C@H](C)N(CC(F)(F)F)C(=O)[C@H]1CC(=O)N(C2CCCC2)C1. The number of carbonyl (C=O) groups excluding carboxylic acids is 2. The number of carbonyl (C=O) groups is 2. The number of hydrogen-bond donors (Lipinski definition) is 0. The summed E-state index contributed by atoms with van der Waals surface area (Å²) in [5.74, 6) is -1.37. The number of nitrogens with zero attached hydrogens (tertiary/aromatic N) is 2. The summed E-state index contributed by atoms with van der Waals surface area (Å²) in [6.07, 6.45) is -0.404. The van der Waals surface area contributed by atoms with E-state index >= 15 is 0 Å². The second kappa shape index (κ2) is 7.31. The number of amides is 2. The minimum absolute atomic E-state index is 0.0362. The Labute approximate surface area is 141 Å². The van der Waals surface area contributed by atoms with Crippen LogP contribution in [-0.2, 0) is 9.59 Å². The predicted molar refractivity (Wildman–Crippen MR) is 84.1 cm³/mol. The van der Waals surface area contributed by atoms with Crippen LogP contribution >= 0.6 is 0 Å². The van der Waals surface area contributed by atoms with E-state index in [1.165, 1.54) is 0 Å². The van der Waals surface area contributed by atoms with Crippen molar-refractivity contribution in [1.82, 2.24) is 9.80 Å². The lowest BCUT2D eigenvalue weighted by molar-refractivity contribution is -0.169. The van der Waals surface area contributed by atoms with E-state index in [0.717, 1.165) is 30.6 Å². The molecule has 2 fully saturated rings. The molecule has 0 unspecified atom stereocenters. The Kier molecular flexibility index (Phi) is 5.81. The molecule has 1 saturated carbocycles. The fraction of sp³-hybridized carbons (Fsp3) is 0.882. The standard InChI is InChI=1S/C17H27F3N2O2/c1-11(2)12(3)22(10-17(18,19)20)16(24)13-8-15(23)21(9-13)14-6-4-5-7-14/h11-14H,4-10H2,1-3H3/t12-,13-/m0/s1. The van der Waals surface area contributed by atoms with Gasteiger partial charge in [-0.05, 0) is 25.7 Å². The number of halogens is 3. The molecule has 2 atom stereocenters. The average Bonchev–Trinajstić information content (AvgIpc) is 3.11. The van der Waals surface area contributed by atoms with Gasteiger partial charge in [-0.1, -0.05) is 26.7 Å². The third-order valence-corrected chi connectivity index (χ3v) is 5.36. The van der Waals surface area contributed by atoms with Crippen LogP contribution in [0.25, 0.3) is 0 Å². The molecule has 0 aromatic heterocycles. The minimum Gasteiger partial charge on any atom is -0.339 e. The van der Waals surface area contributed by atoms with Gasteiger partial charge in [0.15, 0.2) is 0 Å². The highest BCUT2D eigenvalue weighted by Crippen LogP contribution is 2.31. The highest BCUT2D eigenvalue weighted by molar-refractivity contribution is 5.89. The minimum atomic E-state index is -4.44. The zero-order valence-corrected chi connectivity index (χ0v) is 14.6. The summed E-state index contributed by atoms with van der Waals surface area (Å²) >= 11 is 0. The lowest BCUT2D eigenvalue weighted by Gasteiger charge is -2.34. The van der Waals surface area contributed by atoms with Gasteiger partial charge in [0.2, 0.25) is 11.8 Å². The Balaban J connectivity index is 2.09. The maximum Gasteiger partial charge on any atom is 0.406 e. The number of alkyl halides is 3. The van der Waals surface area contributed by atoms with E-state index in [0.29, 0.717) is 0 Å². The third-order valence-electron chi connectivity index (χ3n) is 5.36. The molecule has 0 N–H and O–H groups in total. The Morgan fingerprint density at radius 1 is 1.25 bits per heavy atom. The zero-order valence-electron chi connectivity index (χ0n) is 14.6. The second-order valence-corrected chi connectivity index (χ2v) is 7.45. The highest BCUT2D eigenvalue weighted by Gasteiger charge is 2.43. The van der Waals surface area contributed by atoms with E-state index in [2.05, 4.69) is 0 Å². The molecule has 1 saturated heterocycles. The van der Waals surface area contributed by atoms with Crippen LogP contribution in [0.2, 0.25) is 0 Å². The van der Waals surface area contributed by atoms with E-state index in [-0.39, 0.29) is 30.8 Å². The normalized spacial score (nSPS) is 24.0. The van der Waals surface area contributed by atoms with E-state index in [9.17, 15) is 22.8 Å². The van der Waals surface area contributed by atoms with Crippen molar-refractivity contribution < 1.29 is 22.8 Å². The molecule has 0 spiro atoms. The van der Waals surface area contributed by atoms with Crippen molar-refractivity contribution in [3.05, 3.63) is 0 Å². The van der Waals surface area contributed by atoms with Crippen molar-refractivity contribution in [2.45, 2.75) is 71.1 Å². The van der Waals surface area contributed by atoms with Gasteiger partial charge in [-0.2, -0.15) is 13.2 Å². The van der Waals surface area contributed by atoms with Crippen molar-refractivity contribution in [2.24, 2.45) is 11.8 Å². The smallest absolute Gasteiger partial charge is 0.339 e. The van der Waals surface area contributed by atoms with Crippen molar-refractivity contribution in [3.63, 3.8) is 0 Å². The van der Waals surface area contributed by atoms with E-state index in [4.69, 9.17) is 0 Å². The molecular formula is C17H27F3N2O2. The first kappa shape index (κ1) is 19.1. The zero-order chi connectivity index (χ0) is 18.1. The molecule has 0 radical (unpaired) electrons. The van der Waals surface area contributed by atoms with E-state index in [1.54, 1.807) is 25.7 Å². The summed E-state index contributed by atoms with van der Waals surface area (Å²) in [5, 5.41) is 0. The van der Waals surface area contributed by atoms with Gasteiger partial charge in [-0.3, -0.25) is 9.59 Å². The Bertz CT molecular complexity index is 473. The van der Waals surface area contributed by atoms with Crippen molar-refractivity contribution in [3.8, 4) is 0 Å². The van der Waals surface area contributed by atoms with Crippen LogP contribution in [0.15, 0.2) is 0 Å². The van der Waals surface area contributed by atoms with Gasteiger partial charge in [-0.15, -0.1) is 0 Å². The van der Waals surface area contributed by atoms with Gasteiger partial charge >= 0.3 is 6.18 Å². The Morgan fingerprint density at radius 2 is 1.83 bits per heavy atom. The predicted octanol–water partition coefficient (Wildman–Crippen LogP) is 3.21. The Hall–Kier alpha value is -1.27. The Morgan fingerprint density at radius 3 is 2.33 bits per heavy atom. The van der Waals surface area contributed by atoms with Crippen molar-refractivity contribution in [2.75, 3.05) is 13.1 Å². The lowest BCUT2D eigenvalue weighted by Crippen LogP contribution is -2.49. The summed E-state index contributed by atoms with van der Waals surface area (Å²) < 4.78 is 38.7. The molecule has 2 aliphatic rings. The summed E-state index contributed by atoms with van der Waals surface area (Å²) in [7, 11) is 0. The molecule has 0 bridgehead atoms. The van der Waals surface area contributed by atoms with E-state index < -0.39 is 30.6 Å². The number of likely N-dealkylation sites (tertiary alicyclic amines) is 1. The second-order valence-electron chi connectivity index (χ2n) is 7.45. The van der Waals surface area contributed by atoms with Gasteiger partial charge in [0.25, 0.3) is 0 Å². The van der Waals surface area contributed by atoms with Gasteiger partial charge in [0.05, 0.1) is 5.92 Å². The number of rotatable bonds is 5. The van der Waals surface area contributed by atoms with E-state index in [1.807, 2.05) is 0 Å². The molecule has 7 heteroatoms. The fourth-order valence-corrected chi connectivity index (χ4v) is 3.68. The summed E-state index contributed by atoms with van der Waals surface area (Å²) in [6, 6.07) is -0.358. The molecule has 24 heavy (non-hydrogen) atoms. The topological polar surface area (TPSA) is 40.6 Å². The monoisotopic (exact) mass is 348 g/mol. The molecule has 0 aromatic rings. The van der Waals surface area contributed by atoms with Crippen LogP contribution in [0.5, 0.6) is 0 Å². The molecule has 1 aliphatic heterocycles. The first-order valence-corrected chi connectivity index (χ1v) is 8.77. The molecule has 1 aliphatic carbocycles. The molecule has 4 nitrogen and oxygen atoms in total. The summed E-state index contributed by atoms with van der Waals surface area (Å²) in [4.78, 5) is 27.6. The van der Waals surface area contributed by atoms with Crippen molar-refractivity contribution >= 4 is 11.8 Å². The summed E-state index contributed by atoms with van der Waals surface area (Å²) in [6.45, 7) is 4.25. The van der Waals surface area contributed by atoms with Crippen molar-refractivity contribution in [1.29, 1.82) is 0 Å². The molecule has 138 valence electrons. The first-order chi connectivity index (χ1) is 11.1. The van der Waals surface area contributed by atoms with Crippen LogP contribution in [0.3, 0.4) is 0 Å². The van der Waals surface area contributed by atoms with Crippen LogP contribution in [0.1, 0.15) is 52.9 Å². The average molecular weight is 348 g/mol. The molecule has 0 aromatic carbocycles. The van der Waals surface area contributed by atoms with Crippen LogP contribution in [0, 0.1) is 11.8 Å². The maximum atomic E-state index is 12.9. The highest BCUT2D eigenvalue weighted by atomic mass is 19.4. The van der Waals surface area contributed by atoms with Gasteiger partial charge < -0.3 is 9.80 Å². The van der Waals surface area contributed by atoms with Gasteiger partial charge in [-0.25, -0.2) is 0 Å². The van der Waals surface area contributed by atoms with Crippen LogP contribution in [0.4, 0.5) is 13.2 Å². The number of hydrogen-bond acceptors (Lipinski definition) is 2. The third kappa shape index (κ3) is 4.42. The molecule has 2 amide bonds. The molecular weight excluding hydrogens is 321 g/mol. The molecule has 1 heterocycles. The van der Waals surface area contributed by atoms with Gasteiger partial charge in [0, 0.05) is 25.0 Å². The van der Waals surface area contributed by atoms with Gasteiger partial charge in [0.1, 0.15) is 6.54 Å².